The molecule has 1 aliphatic rings. The maximum absolute atomic E-state index is 4.95. The van der Waals surface area contributed by atoms with Gasteiger partial charge in [0.15, 0.2) is 11.7 Å². The molecule has 0 N–H and O–H groups in total. The van der Waals surface area contributed by atoms with Crippen molar-refractivity contribution < 1.29 is 0 Å². The van der Waals surface area contributed by atoms with Gasteiger partial charge < -0.3 is 0 Å². The van der Waals surface area contributed by atoms with E-state index in [1.54, 1.807) is 0 Å². The SMILES string of the molecule is C=N/C(=N\C(=N/Cc1ccc(C(CC)(CC)c2ccc(C3=CC=CCC3)cc2)cc1)c1ccccc1)c1ccccc1. The van der Waals surface area contributed by atoms with Gasteiger partial charge in [0.2, 0.25) is 0 Å². The third-order valence-corrected chi connectivity index (χ3v) is 8.37. The molecule has 0 spiro atoms. The molecule has 4 aromatic carbocycles. The summed E-state index contributed by atoms with van der Waals surface area (Å²) in [5, 5.41) is 0. The quantitative estimate of drug-likeness (QED) is 0.147. The fraction of sp³-hybridized carbons (Fsp3) is 0.205. The van der Waals surface area contributed by atoms with E-state index < -0.39 is 0 Å². The van der Waals surface area contributed by atoms with Crippen molar-refractivity contribution in [3.63, 3.8) is 0 Å². The lowest BCUT2D eigenvalue weighted by atomic mass is 9.70. The molecule has 0 saturated heterocycles. The third kappa shape index (κ3) is 6.47. The van der Waals surface area contributed by atoms with Crippen LogP contribution in [0, 0.1) is 0 Å². The number of aliphatic imine (C=N–C) groups is 3. The van der Waals surface area contributed by atoms with Crippen LogP contribution in [0.1, 0.15) is 72.9 Å². The second kappa shape index (κ2) is 13.8. The van der Waals surface area contributed by atoms with E-state index in [1.807, 2.05) is 60.7 Å². The molecule has 0 unspecified atom stereocenters. The summed E-state index contributed by atoms with van der Waals surface area (Å²) in [6.45, 7) is 8.88. The van der Waals surface area contributed by atoms with Crippen LogP contribution in [0.15, 0.2) is 142 Å². The normalized spacial score (nSPS) is 14.0. The maximum Gasteiger partial charge on any atom is 0.161 e. The molecule has 3 heteroatoms. The van der Waals surface area contributed by atoms with Crippen molar-refractivity contribution in [2.45, 2.75) is 51.5 Å². The third-order valence-electron chi connectivity index (χ3n) is 8.37. The summed E-state index contributed by atoms with van der Waals surface area (Å²) in [6, 6.07) is 38.2. The minimum atomic E-state index is -0.0269. The largest absolute Gasteiger partial charge is 0.261 e. The van der Waals surface area contributed by atoms with Crippen LogP contribution >= 0.6 is 0 Å². The lowest BCUT2D eigenvalue weighted by molar-refractivity contribution is 0.478. The summed E-state index contributed by atoms with van der Waals surface area (Å²) in [6.07, 6.45) is 11.0. The zero-order valence-corrected chi connectivity index (χ0v) is 24.7. The predicted octanol–water partition coefficient (Wildman–Crippen LogP) is 9.62. The number of nitrogens with zero attached hydrogens (tertiary/aromatic N) is 3. The first-order valence-corrected chi connectivity index (χ1v) is 14.9. The van der Waals surface area contributed by atoms with Crippen molar-refractivity contribution in [3.8, 4) is 0 Å². The molecule has 0 aliphatic heterocycles. The zero-order valence-electron chi connectivity index (χ0n) is 24.7. The molecule has 0 atom stereocenters. The Morgan fingerprint density at radius 2 is 1.29 bits per heavy atom. The van der Waals surface area contributed by atoms with E-state index in [4.69, 9.17) is 9.98 Å². The molecule has 4 aromatic rings. The average molecular weight is 550 g/mol. The Labute approximate surface area is 250 Å². The van der Waals surface area contributed by atoms with Crippen molar-refractivity contribution in [1.82, 2.24) is 0 Å². The highest BCUT2D eigenvalue weighted by molar-refractivity contribution is 6.12. The Morgan fingerprint density at radius 3 is 1.81 bits per heavy atom. The van der Waals surface area contributed by atoms with Gasteiger partial charge in [-0.05, 0) is 60.2 Å². The summed E-state index contributed by atoms with van der Waals surface area (Å²) in [4.78, 5) is 14.0. The van der Waals surface area contributed by atoms with Crippen LogP contribution in [-0.4, -0.2) is 18.4 Å². The highest BCUT2D eigenvalue weighted by Crippen LogP contribution is 2.39. The molecular formula is C39H39N3. The Kier molecular flexibility index (Phi) is 9.51. The number of hydrogen-bond acceptors (Lipinski definition) is 1. The number of benzene rings is 4. The lowest BCUT2D eigenvalue weighted by Crippen LogP contribution is -2.26. The van der Waals surface area contributed by atoms with E-state index in [0.717, 1.165) is 42.4 Å². The lowest BCUT2D eigenvalue weighted by Gasteiger charge is -2.33. The van der Waals surface area contributed by atoms with E-state index in [2.05, 4.69) is 92.3 Å². The molecule has 42 heavy (non-hydrogen) atoms. The van der Waals surface area contributed by atoms with E-state index >= 15 is 0 Å². The van der Waals surface area contributed by atoms with E-state index in [1.165, 1.54) is 22.3 Å². The van der Waals surface area contributed by atoms with Gasteiger partial charge in [0.25, 0.3) is 0 Å². The van der Waals surface area contributed by atoms with E-state index in [9.17, 15) is 0 Å². The maximum atomic E-state index is 4.95. The van der Waals surface area contributed by atoms with Gasteiger partial charge in [0, 0.05) is 16.5 Å². The smallest absolute Gasteiger partial charge is 0.161 e. The summed E-state index contributed by atoms with van der Waals surface area (Å²) < 4.78 is 0. The average Bonchev–Trinajstić information content (AvgIpc) is 3.08. The predicted molar refractivity (Wildman–Crippen MR) is 180 cm³/mol. The van der Waals surface area contributed by atoms with Crippen LogP contribution in [-0.2, 0) is 12.0 Å². The molecule has 0 amide bonds. The monoisotopic (exact) mass is 549 g/mol. The number of rotatable bonds is 9. The van der Waals surface area contributed by atoms with Gasteiger partial charge in [-0.3, -0.25) is 4.99 Å². The highest BCUT2D eigenvalue weighted by atomic mass is 15.0. The molecule has 0 heterocycles. The van der Waals surface area contributed by atoms with Crippen LogP contribution in [0.4, 0.5) is 0 Å². The summed E-state index contributed by atoms with van der Waals surface area (Å²) in [5.74, 6) is 1.21. The highest BCUT2D eigenvalue weighted by Gasteiger charge is 2.30. The van der Waals surface area contributed by atoms with Gasteiger partial charge >= 0.3 is 0 Å². The van der Waals surface area contributed by atoms with Gasteiger partial charge in [-0.25, -0.2) is 9.98 Å². The summed E-state index contributed by atoms with van der Waals surface area (Å²) >= 11 is 0. The first kappa shape index (κ1) is 28.9. The summed E-state index contributed by atoms with van der Waals surface area (Å²) in [5.41, 5.74) is 8.45. The van der Waals surface area contributed by atoms with Crippen LogP contribution in [0.2, 0.25) is 0 Å². The molecule has 0 bridgehead atoms. The molecule has 0 aromatic heterocycles. The zero-order chi connectivity index (χ0) is 29.2. The van der Waals surface area contributed by atoms with Crippen molar-refractivity contribution in [2.24, 2.45) is 15.0 Å². The van der Waals surface area contributed by atoms with Gasteiger partial charge in [0.1, 0.15) is 0 Å². The minimum Gasteiger partial charge on any atom is -0.261 e. The van der Waals surface area contributed by atoms with Gasteiger partial charge in [-0.15, -0.1) is 0 Å². The molecule has 0 fully saturated rings. The molecule has 1 aliphatic carbocycles. The Morgan fingerprint density at radius 1 is 0.714 bits per heavy atom. The standard InChI is InChI=1S/C39H39N3/c1-4-39(5-2,36-27-23-32(24-28-36)31-15-9-6-10-16-31)35-25-21-30(22-26-35)29-41-38(34-19-13-8-14-20-34)42-37(40-3)33-17-11-7-12-18-33/h6-9,11-15,17-28H,3-5,10,16,29H2,1-2H3/b41-38-,42-37-. The molecule has 0 saturated carbocycles. The van der Waals surface area contributed by atoms with Crippen molar-refractivity contribution in [1.29, 1.82) is 0 Å². The van der Waals surface area contributed by atoms with Gasteiger partial charge in [0.05, 0.1) is 6.54 Å². The number of allylic oxidation sites excluding steroid dienone is 4. The fourth-order valence-corrected chi connectivity index (χ4v) is 5.83. The second-order valence-corrected chi connectivity index (χ2v) is 10.7. The fourth-order valence-electron chi connectivity index (χ4n) is 5.83. The van der Waals surface area contributed by atoms with Crippen molar-refractivity contribution in [2.75, 3.05) is 0 Å². The van der Waals surface area contributed by atoms with Crippen molar-refractivity contribution >= 4 is 24.0 Å². The Balaban J connectivity index is 1.41. The van der Waals surface area contributed by atoms with E-state index in [-0.39, 0.29) is 5.41 Å². The first-order valence-electron chi connectivity index (χ1n) is 14.9. The first-order chi connectivity index (χ1) is 20.7. The van der Waals surface area contributed by atoms with Crippen LogP contribution < -0.4 is 0 Å². The molecule has 3 nitrogen and oxygen atoms in total. The number of amidine groups is 2. The molecular weight excluding hydrogens is 510 g/mol. The molecule has 5 rings (SSSR count). The van der Waals surface area contributed by atoms with Crippen molar-refractivity contribution in [3.05, 3.63) is 161 Å². The molecule has 210 valence electrons. The Bertz CT molecular complexity index is 1590. The van der Waals surface area contributed by atoms with E-state index in [0.29, 0.717) is 18.2 Å². The van der Waals surface area contributed by atoms with Gasteiger partial charge in [-0.2, -0.15) is 0 Å². The summed E-state index contributed by atoms with van der Waals surface area (Å²) in [7, 11) is 0. The molecule has 0 radical (unpaired) electrons. The number of hydrogen-bond donors (Lipinski definition) is 0. The second-order valence-electron chi connectivity index (χ2n) is 10.7. The van der Waals surface area contributed by atoms with Gasteiger partial charge in [-0.1, -0.05) is 141 Å². The van der Waals surface area contributed by atoms with Crippen LogP contribution in [0.25, 0.3) is 5.57 Å². The Hall–Kier alpha value is -4.63. The topological polar surface area (TPSA) is 37.1 Å². The van der Waals surface area contributed by atoms with Crippen LogP contribution in [0.3, 0.4) is 0 Å². The van der Waals surface area contributed by atoms with Crippen LogP contribution in [0.5, 0.6) is 0 Å². The minimum absolute atomic E-state index is 0.0269.